The van der Waals surface area contributed by atoms with E-state index in [9.17, 15) is 28.7 Å². The number of aliphatic imine (C=N–C) groups is 1. The van der Waals surface area contributed by atoms with Crippen LogP contribution in [0.5, 0.6) is 11.5 Å². The molecule has 0 bridgehead atoms. The molecule has 16 nitrogen and oxygen atoms in total. The lowest BCUT2D eigenvalue weighted by Gasteiger charge is -2.37. The largest absolute Gasteiger partial charge is 0.494 e. The number of methoxy groups -OCH3 is 1. The van der Waals surface area contributed by atoms with E-state index in [-0.39, 0.29) is 39.0 Å². The number of anilines is 1. The number of alkyl halides is 1. The number of nitrogens with one attached hydrogen (secondary N) is 3. The van der Waals surface area contributed by atoms with Crippen molar-refractivity contribution in [2.24, 2.45) is 4.99 Å². The van der Waals surface area contributed by atoms with Crippen molar-refractivity contribution in [3.8, 4) is 11.5 Å². The van der Waals surface area contributed by atoms with Crippen LogP contribution in [0.2, 0.25) is 0 Å². The van der Waals surface area contributed by atoms with Crippen LogP contribution >= 0.6 is 23.5 Å². The zero-order valence-electron chi connectivity index (χ0n) is 38.8. The van der Waals surface area contributed by atoms with Crippen LogP contribution in [0.4, 0.5) is 14.9 Å². The van der Waals surface area contributed by atoms with E-state index in [1.165, 1.54) is 23.8 Å². The minimum absolute atomic E-state index is 0.0219. The van der Waals surface area contributed by atoms with Crippen LogP contribution in [0.3, 0.4) is 0 Å². The number of thioether (sulfide) groups is 2. The first-order valence-electron chi connectivity index (χ1n) is 21.6. The van der Waals surface area contributed by atoms with Crippen molar-refractivity contribution in [1.82, 2.24) is 15.5 Å². The van der Waals surface area contributed by atoms with Crippen molar-refractivity contribution in [2.45, 2.75) is 102 Å². The van der Waals surface area contributed by atoms with Crippen LogP contribution in [0.25, 0.3) is 4.91 Å². The number of ether oxygens (including phenoxy) is 6. The monoisotopic (exact) mass is 947 g/mol. The Morgan fingerprint density at radius 2 is 1.60 bits per heavy atom. The van der Waals surface area contributed by atoms with Gasteiger partial charge in [0, 0.05) is 41.0 Å². The van der Waals surface area contributed by atoms with E-state index in [2.05, 4.69) is 27.7 Å². The molecule has 2 aliphatic rings. The van der Waals surface area contributed by atoms with Crippen LogP contribution in [0.1, 0.15) is 71.9 Å². The number of aliphatic hydroxyl groups excluding tert-OH is 1. The third kappa shape index (κ3) is 16.8. The number of hydrogen-bond donors (Lipinski definition) is 4. The topological polar surface area (TPSA) is 196 Å². The fourth-order valence-corrected chi connectivity index (χ4v) is 8.50. The summed E-state index contributed by atoms with van der Waals surface area (Å²) in [6.45, 7) is 16.7. The highest BCUT2D eigenvalue weighted by Gasteiger charge is 2.54. The first kappa shape index (κ1) is 53.2. The fourth-order valence-electron chi connectivity index (χ4n) is 6.71. The number of β-amino-alcohol motifs (C(OH)–C–C–N with tert-alkyl or cyclic N) is 1. The van der Waals surface area contributed by atoms with Crippen LogP contribution < -0.4 is 25.4 Å². The molecule has 1 saturated heterocycles. The maximum absolute atomic E-state index is 15.0. The number of halogens is 1. The van der Waals surface area contributed by atoms with Crippen molar-refractivity contribution < 1.29 is 57.1 Å². The van der Waals surface area contributed by atoms with Crippen LogP contribution in [-0.4, -0.2) is 147 Å². The molecule has 3 atom stereocenters. The van der Waals surface area contributed by atoms with Gasteiger partial charge in [-0.25, -0.2) is 9.18 Å². The molecule has 0 radical (unpaired) electrons. The molecular weight excluding hydrogens is 882 g/mol. The molecule has 0 spiro atoms. The lowest BCUT2D eigenvalue weighted by Crippen LogP contribution is -2.61. The van der Waals surface area contributed by atoms with Gasteiger partial charge in [-0.15, -0.1) is 11.8 Å². The molecule has 1 unspecified atom stereocenters. The zero-order valence-corrected chi connectivity index (χ0v) is 40.4. The Morgan fingerprint density at radius 3 is 2.18 bits per heavy atom. The van der Waals surface area contributed by atoms with Gasteiger partial charge in [0.15, 0.2) is 5.67 Å². The van der Waals surface area contributed by atoms with E-state index in [1.54, 1.807) is 64.6 Å². The molecule has 4 rings (SSSR count). The standard InChI is InChI=1S/C46H66FN5O11S2/c1-30(48-7)38(64-9)32-12-10-31(11-13-32)28-49-40(54)36-26-33(53)29-52(36)41(55)39(51-42(56)46(47)16-17-46)45(5,6)65-25-24-61-21-20-59-18-19-60-22-23-62-34-14-15-35(37(27-34)58-8)50-43(57)63-44(2,3)4/h10-15,27,33,36,39,53H,7,16-26,28-29H2,1-6,8-9H3,(H,49,54)(H,50,57)(H,51,56)/b38-30-/t33-,36?,39-/m1/s1. The summed E-state index contributed by atoms with van der Waals surface area (Å²) in [6.07, 6.45) is 0.581. The molecule has 1 aliphatic carbocycles. The van der Waals surface area contributed by atoms with Gasteiger partial charge in [-0.2, -0.15) is 11.8 Å². The molecule has 19 heteroatoms. The molecule has 2 fully saturated rings. The minimum Gasteiger partial charge on any atom is -0.494 e. The van der Waals surface area contributed by atoms with E-state index >= 15 is 0 Å². The smallest absolute Gasteiger partial charge is 0.412 e. The van der Waals surface area contributed by atoms with Crippen LogP contribution in [0.15, 0.2) is 53.2 Å². The molecular formula is C46H66FN5O11S2. The SMILES string of the molecule is C=N/C(C)=C(\SC)c1ccc(CNC(=O)C2C[C@@H](O)CN2C(=O)[C@@H](NC(=O)C2(F)CC2)C(C)(C)SCCOCCOCCOCCOc2ccc(NC(=O)OC(C)(C)C)c(OC)c2)cc1. The van der Waals surface area contributed by atoms with Gasteiger partial charge < -0.3 is 49.1 Å². The van der Waals surface area contributed by atoms with E-state index in [0.717, 1.165) is 21.7 Å². The number of carbonyl (C=O) groups excluding carboxylic acids is 4. The summed E-state index contributed by atoms with van der Waals surface area (Å²) in [4.78, 5) is 59.3. The van der Waals surface area contributed by atoms with Gasteiger partial charge in [-0.05, 0) is 90.6 Å². The van der Waals surface area contributed by atoms with Crippen molar-refractivity contribution in [1.29, 1.82) is 0 Å². The highest BCUT2D eigenvalue weighted by molar-refractivity contribution is 8.07. The Labute approximate surface area is 390 Å². The number of likely N-dealkylation sites (tertiary alicyclic amines) is 1. The maximum atomic E-state index is 15.0. The number of benzene rings is 2. The minimum atomic E-state index is -2.03. The Balaban J connectivity index is 1.18. The van der Waals surface area contributed by atoms with Gasteiger partial charge in [0.25, 0.3) is 5.91 Å². The Kier molecular flexibility index (Phi) is 20.4. The molecule has 1 heterocycles. The number of hydrogen-bond acceptors (Lipinski definition) is 14. The molecule has 2 aromatic carbocycles. The summed E-state index contributed by atoms with van der Waals surface area (Å²) >= 11 is 2.93. The predicted molar refractivity (Wildman–Crippen MR) is 252 cm³/mol. The van der Waals surface area contributed by atoms with Crippen molar-refractivity contribution in [3.63, 3.8) is 0 Å². The van der Waals surface area contributed by atoms with E-state index in [4.69, 9.17) is 28.4 Å². The molecule has 65 heavy (non-hydrogen) atoms. The van der Waals surface area contributed by atoms with E-state index in [1.807, 2.05) is 37.4 Å². The molecule has 2 aromatic rings. The number of allylic oxidation sites excluding steroid dienone is 1. The lowest BCUT2D eigenvalue weighted by molar-refractivity contribution is -0.143. The van der Waals surface area contributed by atoms with Gasteiger partial charge in [-0.1, -0.05) is 24.3 Å². The maximum Gasteiger partial charge on any atom is 0.412 e. The Bertz CT molecular complexity index is 1960. The van der Waals surface area contributed by atoms with E-state index < -0.39 is 58.0 Å². The number of carbonyl (C=O) groups is 4. The summed E-state index contributed by atoms with van der Waals surface area (Å²) < 4.78 is 47.4. The molecule has 4 amide bonds. The average Bonchev–Trinajstić information content (AvgIpc) is 3.90. The highest BCUT2D eigenvalue weighted by atomic mass is 32.2. The number of nitrogens with zero attached hydrogens (tertiary/aromatic N) is 2. The Hall–Kier alpha value is -4.40. The molecule has 4 N–H and O–H groups in total. The first-order chi connectivity index (χ1) is 30.8. The zero-order chi connectivity index (χ0) is 47.8. The summed E-state index contributed by atoms with van der Waals surface area (Å²) in [5.41, 5.74) is 0.405. The number of aliphatic hydroxyl groups is 1. The van der Waals surface area contributed by atoms with Gasteiger partial charge in [0.2, 0.25) is 11.8 Å². The second kappa shape index (κ2) is 24.9. The van der Waals surface area contributed by atoms with Gasteiger partial charge in [-0.3, -0.25) is 24.7 Å². The third-order valence-electron chi connectivity index (χ3n) is 10.4. The molecule has 360 valence electrons. The van der Waals surface area contributed by atoms with Gasteiger partial charge in [0.05, 0.1) is 64.2 Å². The fraction of sp³-hybridized carbons (Fsp3) is 0.587. The lowest BCUT2D eigenvalue weighted by atomic mass is 10.00. The van der Waals surface area contributed by atoms with Crippen molar-refractivity contribution >= 4 is 64.6 Å². The quantitative estimate of drug-likeness (QED) is 0.0634. The van der Waals surface area contributed by atoms with Crippen molar-refractivity contribution in [3.05, 3.63) is 59.3 Å². The van der Waals surface area contributed by atoms with Crippen LogP contribution in [-0.2, 0) is 39.9 Å². The summed E-state index contributed by atoms with van der Waals surface area (Å²) in [7, 11) is 1.49. The van der Waals surface area contributed by atoms with Crippen molar-refractivity contribution in [2.75, 3.05) is 77.2 Å². The summed E-state index contributed by atoms with van der Waals surface area (Å²) in [5.74, 6) is -0.481. The number of rotatable bonds is 26. The second-order valence-corrected chi connectivity index (χ2v) is 19.7. The summed E-state index contributed by atoms with van der Waals surface area (Å²) in [5, 5.41) is 18.9. The summed E-state index contributed by atoms with van der Waals surface area (Å²) in [6, 6.07) is 10.5. The average molecular weight is 948 g/mol. The normalized spacial score (nSPS) is 17.7. The van der Waals surface area contributed by atoms with Gasteiger partial charge >= 0.3 is 6.09 Å². The highest BCUT2D eigenvalue weighted by Crippen LogP contribution is 2.41. The predicted octanol–water partition coefficient (Wildman–Crippen LogP) is 6.00. The van der Waals surface area contributed by atoms with Crippen LogP contribution in [0, 0.1) is 0 Å². The molecule has 0 aromatic heterocycles. The molecule has 1 aliphatic heterocycles. The van der Waals surface area contributed by atoms with E-state index in [0.29, 0.717) is 62.6 Å². The Morgan fingerprint density at radius 1 is 0.969 bits per heavy atom. The van der Waals surface area contributed by atoms with Gasteiger partial charge in [0.1, 0.15) is 35.8 Å². The first-order valence-corrected chi connectivity index (χ1v) is 23.8. The third-order valence-corrected chi connectivity index (χ3v) is 12.7. The molecule has 1 saturated carbocycles. The second-order valence-electron chi connectivity index (χ2n) is 17.1. The number of amides is 4.